The monoisotopic (exact) mass is 375 g/mol. The van der Waals surface area contributed by atoms with Gasteiger partial charge in [0.1, 0.15) is 5.82 Å². The number of carbonyl (C=O) groups excluding carboxylic acids is 1. The smallest absolute Gasteiger partial charge is 0.226 e. The fraction of sp³-hybridized carbons (Fsp3) is 0.238. The molecular weight excluding hydrogens is 354 g/mol. The van der Waals surface area contributed by atoms with Crippen molar-refractivity contribution < 1.29 is 9.32 Å². The van der Waals surface area contributed by atoms with E-state index in [0.717, 1.165) is 22.4 Å². The molecule has 0 fully saturated rings. The number of hydrogen-bond acceptors (Lipinski definition) is 5. The molecule has 142 valence electrons. The highest BCUT2D eigenvalue weighted by Crippen LogP contribution is 2.15. The molecule has 7 nitrogen and oxygen atoms in total. The molecule has 0 aliphatic rings. The third kappa shape index (κ3) is 4.43. The van der Waals surface area contributed by atoms with Crippen LogP contribution in [0.2, 0.25) is 0 Å². The van der Waals surface area contributed by atoms with Gasteiger partial charge in [0.25, 0.3) is 0 Å². The van der Waals surface area contributed by atoms with E-state index in [1.807, 2.05) is 54.6 Å². The predicted octanol–water partition coefficient (Wildman–Crippen LogP) is 3.29. The van der Waals surface area contributed by atoms with Gasteiger partial charge in [-0.15, -0.1) is 0 Å². The molecule has 4 aromatic rings. The normalized spacial score (nSPS) is 11.0. The highest BCUT2D eigenvalue weighted by atomic mass is 16.5. The van der Waals surface area contributed by atoms with Crippen LogP contribution < -0.4 is 5.32 Å². The molecule has 0 saturated carbocycles. The lowest BCUT2D eigenvalue weighted by molar-refractivity contribution is -0.121. The topological polar surface area (TPSA) is 96.7 Å². The molecule has 0 unspecified atom stereocenters. The standard InChI is InChI=1S/C21H21N5O2/c27-19(22-14-13-18-23-16-9-4-5-10-17(16)24-18)11-6-12-20-25-21(26-28-20)15-7-2-1-3-8-15/h1-5,7-10H,6,11-14H2,(H,22,27)(H,23,24). The van der Waals surface area contributed by atoms with E-state index in [2.05, 4.69) is 25.4 Å². The van der Waals surface area contributed by atoms with Gasteiger partial charge in [-0.05, 0) is 18.6 Å². The second-order valence-corrected chi connectivity index (χ2v) is 6.53. The van der Waals surface area contributed by atoms with Gasteiger partial charge in [0.2, 0.25) is 17.6 Å². The Morgan fingerprint density at radius 1 is 1.00 bits per heavy atom. The molecule has 7 heteroatoms. The number of imidazole rings is 1. The van der Waals surface area contributed by atoms with Crippen LogP contribution in [0.25, 0.3) is 22.4 Å². The van der Waals surface area contributed by atoms with E-state index in [1.165, 1.54) is 0 Å². The Labute approximate surface area is 162 Å². The van der Waals surface area contributed by atoms with Crippen LogP contribution in [-0.4, -0.2) is 32.6 Å². The molecule has 2 heterocycles. The maximum Gasteiger partial charge on any atom is 0.226 e. The lowest BCUT2D eigenvalue weighted by Gasteiger charge is -2.03. The van der Waals surface area contributed by atoms with Crippen molar-refractivity contribution in [2.45, 2.75) is 25.7 Å². The Hall–Kier alpha value is -3.48. The zero-order chi connectivity index (χ0) is 19.2. The molecule has 2 aromatic heterocycles. The molecule has 0 spiro atoms. The maximum absolute atomic E-state index is 12.0. The van der Waals surface area contributed by atoms with Crippen LogP contribution in [0.15, 0.2) is 59.1 Å². The SMILES string of the molecule is O=C(CCCc1nc(-c2ccccc2)no1)NCCc1nc2ccccc2[nH]1. The van der Waals surface area contributed by atoms with E-state index in [0.29, 0.717) is 43.9 Å². The Morgan fingerprint density at radius 3 is 2.68 bits per heavy atom. The number of H-pyrrole nitrogens is 1. The summed E-state index contributed by atoms with van der Waals surface area (Å²) >= 11 is 0. The van der Waals surface area contributed by atoms with Crippen LogP contribution in [0.1, 0.15) is 24.6 Å². The molecule has 0 aliphatic heterocycles. The molecule has 0 saturated heterocycles. The molecule has 0 atom stereocenters. The van der Waals surface area contributed by atoms with Crippen molar-refractivity contribution in [2.75, 3.05) is 6.54 Å². The van der Waals surface area contributed by atoms with E-state index in [4.69, 9.17) is 4.52 Å². The summed E-state index contributed by atoms with van der Waals surface area (Å²) in [5.41, 5.74) is 2.87. The average Bonchev–Trinajstić information content (AvgIpc) is 3.35. The Bertz CT molecular complexity index is 1020. The summed E-state index contributed by atoms with van der Waals surface area (Å²) in [5, 5.41) is 6.92. The number of hydrogen-bond donors (Lipinski definition) is 2. The maximum atomic E-state index is 12.0. The van der Waals surface area contributed by atoms with Crippen LogP contribution in [0, 0.1) is 0 Å². The number of para-hydroxylation sites is 2. The highest BCUT2D eigenvalue weighted by molar-refractivity contribution is 5.76. The fourth-order valence-electron chi connectivity index (χ4n) is 2.99. The van der Waals surface area contributed by atoms with Crippen LogP contribution >= 0.6 is 0 Å². The van der Waals surface area contributed by atoms with Gasteiger partial charge in [-0.25, -0.2) is 4.98 Å². The number of benzene rings is 2. The molecule has 0 aliphatic carbocycles. The van der Waals surface area contributed by atoms with Crippen molar-refractivity contribution in [1.29, 1.82) is 0 Å². The Morgan fingerprint density at radius 2 is 1.82 bits per heavy atom. The summed E-state index contributed by atoms with van der Waals surface area (Å²) in [4.78, 5) is 24.2. The van der Waals surface area contributed by atoms with E-state index >= 15 is 0 Å². The second-order valence-electron chi connectivity index (χ2n) is 6.53. The lowest BCUT2D eigenvalue weighted by Crippen LogP contribution is -2.25. The first-order chi connectivity index (χ1) is 13.8. The minimum Gasteiger partial charge on any atom is -0.356 e. The van der Waals surface area contributed by atoms with Gasteiger partial charge in [-0.3, -0.25) is 4.79 Å². The van der Waals surface area contributed by atoms with Crippen LogP contribution in [0.4, 0.5) is 0 Å². The highest BCUT2D eigenvalue weighted by Gasteiger charge is 2.09. The number of aryl methyl sites for hydroxylation is 1. The zero-order valence-corrected chi connectivity index (χ0v) is 15.4. The molecule has 1 amide bonds. The molecule has 2 N–H and O–H groups in total. The van der Waals surface area contributed by atoms with Gasteiger partial charge in [0.15, 0.2) is 0 Å². The average molecular weight is 375 g/mol. The zero-order valence-electron chi connectivity index (χ0n) is 15.4. The van der Waals surface area contributed by atoms with Crippen molar-refractivity contribution in [3.05, 3.63) is 66.3 Å². The number of aromatic nitrogens is 4. The first kappa shape index (κ1) is 17.9. The molecule has 28 heavy (non-hydrogen) atoms. The summed E-state index contributed by atoms with van der Waals surface area (Å²) in [6.07, 6.45) is 2.33. The number of rotatable bonds is 8. The largest absolute Gasteiger partial charge is 0.356 e. The van der Waals surface area contributed by atoms with Crippen LogP contribution in [0.5, 0.6) is 0 Å². The number of amides is 1. The summed E-state index contributed by atoms with van der Waals surface area (Å²) in [7, 11) is 0. The van der Waals surface area contributed by atoms with Gasteiger partial charge >= 0.3 is 0 Å². The molecule has 4 rings (SSSR count). The minimum absolute atomic E-state index is 0.0129. The number of nitrogens with one attached hydrogen (secondary N) is 2. The number of fused-ring (bicyclic) bond motifs is 1. The molecule has 0 radical (unpaired) electrons. The van der Waals surface area contributed by atoms with Gasteiger partial charge in [-0.2, -0.15) is 4.98 Å². The number of nitrogens with zero attached hydrogens (tertiary/aromatic N) is 3. The van der Waals surface area contributed by atoms with Crippen LogP contribution in [-0.2, 0) is 17.6 Å². The summed E-state index contributed by atoms with van der Waals surface area (Å²) in [5.74, 6) is 2.01. The predicted molar refractivity (Wildman–Crippen MR) is 105 cm³/mol. The van der Waals surface area contributed by atoms with Gasteiger partial charge < -0.3 is 14.8 Å². The molecule has 2 aromatic carbocycles. The summed E-state index contributed by atoms with van der Waals surface area (Å²) in [6.45, 7) is 0.553. The van der Waals surface area contributed by atoms with Crippen molar-refractivity contribution in [2.24, 2.45) is 0 Å². The number of carbonyl (C=O) groups is 1. The van der Waals surface area contributed by atoms with E-state index < -0.39 is 0 Å². The second kappa shape index (κ2) is 8.47. The van der Waals surface area contributed by atoms with E-state index in [1.54, 1.807) is 0 Å². The van der Waals surface area contributed by atoms with Crippen LogP contribution in [0.3, 0.4) is 0 Å². The van der Waals surface area contributed by atoms with Gasteiger partial charge in [0, 0.05) is 31.4 Å². The lowest BCUT2D eigenvalue weighted by atomic mass is 10.2. The van der Waals surface area contributed by atoms with Gasteiger partial charge in [0.05, 0.1) is 11.0 Å². The fourth-order valence-corrected chi connectivity index (χ4v) is 2.99. The molecular formula is C21H21N5O2. The summed E-state index contributed by atoms with van der Waals surface area (Å²) in [6, 6.07) is 17.6. The minimum atomic E-state index is 0.0129. The van der Waals surface area contributed by atoms with Crippen molar-refractivity contribution in [3.8, 4) is 11.4 Å². The van der Waals surface area contributed by atoms with Crippen molar-refractivity contribution in [1.82, 2.24) is 25.4 Å². The van der Waals surface area contributed by atoms with Gasteiger partial charge in [-0.1, -0.05) is 47.6 Å². The quantitative estimate of drug-likeness (QED) is 0.492. The third-order valence-corrected chi connectivity index (χ3v) is 4.42. The van der Waals surface area contributed by atoms with Crippen molar-refractivity contribution >= 4 is 16.9 Å². The van der Waals surface area contributed by atoms with E-state index in [9.17, 15) is 4.79 Å². The molecule has 0 bridgehead atoms. The Kier molecular flexibility index (Phi) is 5.42. The first-order valence-electron chi connectivity index (χ1n) is 9.36. The number of aromatic amines is 1. The Balaban J connectivity index is 1.18. The third-order valence-electron chi connectivity index (χ3n) is 4.42. The van der Waals surface area contributed by atoms with E-state index in [-0.39, 0.29) is 5.91 Å². The summed E-state index contributed by atoms with van der Waals surface area (Å²) < 4.78 is 5.26. The van der Waals surface area contributed by atoms with Crippen molar-refractivity contribution in [3.63, 3.8) is 0 Å². The first-order valence-corrected chi connectivity index (χ1v) is 9.36.